The zero-order valence-electron chi connectivity index (χ0n) is 7.07. The Bertz CT molecular complexity index is 120. The van der Waals surface area contributed by atoms with Gasteiger partial charge in [0.15, 0.2) is 0 Å². The van der Waals surface area contributed by atoms with E-state index in [2.05, 4.69) is 0 Å². The van der Waals surface area contributed by atoms with Crippen molar-refractivity contribution >= 4 is 47.5 Å². The Balaban J connectivity index is -0.0000000270. The van der Waals surface area contributed by atoms with Crippen molar-refractivity contribution in [1.29, 1.82) is 0 Å². The standard InChI is InChI=1S/3C2H4O2.Na.H2.H/c3*1-2(3)4;;;/h3*1H3,(H,3,4);;1H;. The molecule has 13 heavy (non-hydrogen) atoms. The van der Waals surface area contributed by atoms with Crippen LogP contribution in [0.25, 0.3) is 0 Å². The maximum atomic E-state index is 9.00. The molecule has 0 saturated carbocycles. The minimum atomic E-state index is -0.833. The Morgan fingerprint density at radius 1 is 0.769 bits per heavy atom. The summed E-state index contributed by atoms with van der Waals surface area (Å²) in [7, 11) is 0. The molecule has 0 aliphatic heterocycles. The number of hydrogen-bond acceptors (Lipinski definition) is 3. The topological polar surface area (TPSA) is 112 Å². The molecule has 0 rings (SSSR count). The molecule has 0 bridgehead atoms. The molecule has 0 aromatic rings. The van der Waals surface area contributed by atoms with Gasteiger partial charge >= 0.3 is 29.6 Å². The number of aliphatic carboxylic acids is 3. The van der Waals surface area contributed by atoms with Crippen molar-refractivity contribution in [3.8, 4) is 0 Å². The average Bonchev–Trinajstić information content (AvgIpc) is 1.54. The van der Waals surface area contributed by atoms with Gasteiger partial charge in [0.25, 0.3) is 17.9 Å². The van der Waals surface area contributed by atoms with E-state index < -0.39 is 17.9 Å². The van der Waals surface area contributed by atoms with Crippen molar-refractivity contribution in [2.75, 3.05) is 0 Å². The molecule has 0 atom stereocenters. The van der Waals surface area contributed by atoms with E-state index in [1.165, 1.54) is 0 Å². The van der Waals surface area contributed by atoms with Crippen LogP contribution in [0.5, 0.6) is 0 Å². The molecular formula is C6H15NaO6. The van der Waals surface area contributed by atoms with E-state index >= 15 is 0 Å². The van der Waals surface area contributed by atoms with Gasteiger partial charge in [0.05, 0.1) is 0 Å². The van der Waals surface area contributed by atoms with Crippen molar-refractivity contribution < 1.29 is 31.1 Å². The normalized spacial score (nSPS) is 5.77. The molecule has 0 amide bonds. The van der Waals surface area contributed by atoms with Gasteiger partial charge in [-0.2, -0.15) is 0 Å². The van der Waals surface area contributed by atoms with E-state index in [0.717, 1.165) is 20.8 Å². The second-order valence-electron chi connectivity index (χ2n) is 1.56. The molecule has 6 nitrogen and oxygen atoms in total. The number of carbonyl (C=O) groups is 3. The average molecular weight is 206 g/mol. The molecule has 3 N–H and O–H groups in total. The monoisotopic (exact) mass is 206 g/mol. The number of rotatable bonds is 0. The molecule has 0 aromatic heterocycles. The zero-order chi connectivity index (χ0) is 10.7. The van der Waals surface area contributed by atoms with E-state index in [-0.39, 0.29) is 31.0 Å². The SMILES string of the molecule is CC(=O)O.CC(=O)O.CC(=O)O.[HH].[NaH]. The fourth-order valence-corrected chi connectivity index (χ4v) is 0. The van der Waals surface area contributed by atoms with E-state index in [1.807, 2.05) is 0 Å². The van der Waals surface area contributed by atoms with Gasteiger partial charge in [0, 0.05) is 22.2 Å². The van der Waals surface area contributed by atoms with Crippen LogP contribution in [0.2, 0.25) is 0 Å². The summed E-state index contributed by atoms with van der Waals surface area (Å²) in [6.07, 6.45) is 0. The molecule has 0 radical (unpaired) electrons. The van der Waals surface area contributed by atoms with Gasteiger partial charge in [0.1, 0.15) is 0 Å². The molecule has 0 unspecified atom stereocenters. The summed E-state index contributed by atoms with van der Waals surface area (Å²) in [5.74, 6) is -2.50. The molecule has 76 valence electrons. The van der Waals surface area contributed by atoms with Gasteiger partial charge in [-0.1, -0.05) is 0 Å². The Hall–Kier alpha value is -0.590. The quantitative estimate of drug-likeness (QED) is 0.476. The molecular weight excluding hydrogens is 191 g/mol. The fourth-order valence-electron chi connectivity index (χ4n) is 0. The third-order valence-corrected chi connectivity index (χ3v) is 0. The van der Waals surface area contributed by atoms with E-state index in [1.54, 1.807) is 0 Å². The van der Waals surface area contributed by atoms with Gasteiger partial charge in [-0.05, 0) is 0 Å². The summed E-state index contributed by atoms with van der Waals surface area (Å²) in [5.41, 5.74) is 0. The first kappa shape index (κ1) is 22.8. The van der Waals surface area contributed by atoms with Gasteiger partial charge < -0.3 is 15.3 Å². The predicted octanol–water partition coefficient (Wildman–Crippen LogP) is -0.130. The van der Waals surface area contributed by atoms with Crippen LogP contribution in [0, 0.1) is 0 Å². The molecule has 0 saturated heterocycles. The number of carboxylic acid groups (broad SMARTS) is 3. The molecule has 0 spiro atoms. The zero-order valence-corrected chi connectivity index (χ0v) is 7.07. The third kappa shape index (κ3) is 2900. The summed E-state index contributed by atoms with van der Waals surface area (Å²) < 4.78 is 0. The molecule has 7 heteroatoms. The van der Waals surface area contributed by atoms with Gasteiger partial charge in [-0.15, -0.1) is 0 Å². The van der Waals surface area contributed by atoms with Crippen LogP contribution in [-0.2, 0) is 14.4 Å². The van der Waals surface area contributed by atoms with E-state index in [9.17, 15) is 0 Å². The van der Waals surface area contributed by atoms with Gasteiger partial charge in [0.2, 0.25) is 0 Å². The summed E-state index contributed by atoms with van der Waals surface area (Å²) in [5, 5.41) is 22.2. The fraction of sp³-hybridized carbons (Fsp3) is 0.500. The minimum absolute atomic E-state index is 0. The second kappa shape index (κ2) is 17.5. The summed E-state index contributed by atoms with van der Waals surface area (Å²) in [4.78, 5) is 27.0. The van der Waals surface area contributed by atoms with Crippen molar-refractivity contribution in [3.05, 3.63) is 0 Å². The first-order valence-electron chi connectivity index (χ1n) is 2.78. The van der Waals surface area contributed by atoms with Crippen molar-refractivity contribution in [1.82, 2.24) is 0 Å². The Kier molecular flexibility index (Phi) is 30.7. The van der Waals surface area contributed by atoms with Crippen LogP contribution in [0.1, 0.15) is 22.2 Å². The predicted molar refractivity (Wildman–Crippen MR) is 49.2 cm³/mol. The molecule has 0 aliphatic rings. The van der Waals surface area contributed by atoms with Crippen molar-refractivity contribution in [2.45, 2.75) is 20.8 Å². The van der Waals surface area contributed by atoms with Crippen molar-refractivity contribution in [2.24, 2.45) is 0 Å². The van der Waals surface area contributed by atoms with E-state index in [0.29, 0.717) is 0 Å². The van der Waals surface area contributed by atoms with Crippen LogP contribution in [-0.4, -0.2) is 62.8 Å². The third-order valence-electron chi connectivity index (χ3n) is 0. The second-order valence-corrected chi connectivity index (χ2v) is 1.56. The Labute approximate surface area is 99.3 Å². The molecule has 0 heterocycles. The van der Waals surface area contributed by atoms with Gasteiger partial charge in [-0.25, -0.2) is 0 Å². The van der Waals surface area contributed by atoms with Gasteiger partial charge in [-0.3, -0.25) is 14.4 Å². The van der Waals surface area contributed by atoms with Crippen molar-refractivity contribution in [3.63, 3.8) is 0 Å². The molecule has 0 fully saturated rings. The Morgan fingerprint density at radius 2 is 0.769 bits per heavy atom. The summed E-state index contributed by atoms with van der Waals surface area (Å²) in [6, 6.07) is 0. The Morgan fingerprint density at radius 3 is 0.769 bits per heavy atom. The summed E-state index contributed by atoms with van der Waals surface area (Å²) >= 11 is 0. The van der Waals surface area contributed by atoms with Crippen LogP contribution >= 0.6 is 0 Å². The molecule has 0 aromatic carbocycles. The van der Waals surface area contributed by atoms with Crippen LogP contribution in [0.4, 0.5) is 0 Å². The number of hydrogen-bond donors (Lipinski definition) is 3. The van der Waals surface area contributed by atoms with Crippen LogP contribution < -0.4 is 0 Å². The first-order chi connectivity index (χ1) is 5.20. The summed E-state index contributed by atoms with van der Waals surface area (Å²) in [6.45, 7) is 3.25. The number of carboxylic acids is 3. The van der Waals surface area contributed by atoms with Crippen LogP contribution in [0.3, 0.4) is 0 Å². The molecule has 0 aliphatic carbocycles. The van der Waals surface area contributed by atoms with Crippen LogP contribution in [0.15, 0.2) is 0 Å². The van der Waals surface area contributed by atoms with E-state index in [4.69, 9.17) is 29.7 Å². The maximum absolute atomic E-state index is 9.00. The first-order valence-corrected chi connectivity index (χ1v) is 2.78.